The summed E-state index contributed by atoms with van der Waals surface area (Å²) in [6.07, 6.45) is 2.00. The van der Waals surface area contributed by atoms with Gasteiger partial charge < -0.3 is 9.64 Å². The molecule has 1 saturated heterocycles. The SMILES string of the molecule is C[C@H]1O[C@@H]2CCCN2C(=O)c2ccccc21. The summed E-state index contributed by atoms with van der Waals surface area (Å²) in [7, 11) is 0. The first-order chi connectivity index (χ1) is 7.77. The summed E-state index contributed by atoms with van der Waals surface area (Å²) in [5.74, 6) is 0.127. The van der Waals surface area contributed by atoms with Crippen molar-refractivity contribution in [1.29, 1.82) is 0 Å². The van der Waals surface area contributed by atoms with Crippen molar-refractivity contribution in [2.24, 2.45) is 0 Å². The van der Waals surface area contributed by atoms with Gasteiger partial charge in [0.05, 0.1) is 6.10 Å². The minimum atomic E-state index is -0.0186. The minimum absolute atomic E-state index is 0.00764. The zero-order chi connectivity index (χ0) is 11.1. The molecule has 2 aliphatic heterocycles. The maximum Gasteiger partial charge on any atom is 0.256 e. The Balaban J connectivity index is 2.09. The zero-order valence-electron chi connectivity index (χ0n) is 9.35. The highest BCUT2D eigenvalue weighted by Gasteiger charge is 2.36. The predicted octanol–water partition coefficient (Wildman–Crippen LogP) is 2.34. The Hall–Kier alpha value is -1.35. The fourth-order valence-corrected chi connectivity index (χ4v) is 2.62. The molecule has 0 aliphatic carbocycles. The lowest BCUT2D eigenvalue weighted by molar-refractivity contribution is -0.0573. The highest BCUT2D eigenvalue weighted by molar-refractivity contribution is 5.96. The summed E-state index contributed by atoms with van der Waals surface area (Å²) in [6.45, 7) is 2.85. The Morgan fingerprint density at radius 3 is 3.06 bits per heavy atom. The topological polar surface area (TPSA) is 29.5 Å². The maximum absolute atomic E-state index is 12.3. The smallest absolute Gasteiger partial charge is 0.256 e. The summed E-state index contributed by atoms with van der Waals surface area (Å²) < 4.78 is 5.94. The van der Waals surface area contributed by atoms with Gasteiger partial charge in [0.1, 0.15) is 6.23 Å². The van der Waals surface area contributed by atoms with Gasteiger partial charge in [-0.25, -0.2) is 0 Å². The number of fused-ring (bicyclic) bond motifs is 2. The van der Waals surface area contributed by atoms with Crippen LogP contribution in [0.1, 0.15) is 41.8 Å². The second kappa shape index (κ2) is 3.59. The molecule has 0 N–H and O–H groups in total. The third-order valence-corrected chi connectivity index (χ3v) is 3.45. The standard InChI is InChI=1S/C13H15NO2/c1-9-10-5-2-3-6-11(10)13(15)14-8-4-7-12(14)16-9/h2-3,5-6,9,12H,4,7-8H2,1H3/t9-,12-/m1/s1. The van der Waals surface area contributed by atoms with E-state index in [9.17, 15) is 4.79 Å². The van der Waals surface area contributed by atoms with Crippen LogP contribution in [0.4, 0.5) is 0 Å². The number of hydrogen-bond donors (Lipinski definition) is 0. The van der Waals surface area contributed by atoms with Crippen LogP contribution in [-0.4, -0.2) is 23.6 Å². The van der Waals surface area contributed by atoms with Gasteiger partial charge in [0, 0.05) is 12.1 Å². The second-order valence-corrected chi connectivity index (χ2v) is 4.46. The summed E-state index contributed by atoms with van der Waals surface area (Å²) in [5.41, 5.74) is 1.82. The van der Waals surface area contributed by atoms with Gasteiger partial charge >= 0.3 is 0 Å². The van der Waals surface area contributed by atoms with E-state index in [1.54, 1.807) is 0 Å². The van der Waals surface area contributed by atoms with Crippen LogP contribution in [0.3, 0.4) is 0 Å². The van der Waals surface area contributed by atoms with Crippen molar-refractivity contribution in [1.82, 2.24) is 4.90 Å². The lowest BCUT2D eigenvalue weighted by atomic mass is 10.0. The number of benzene rings is 1. The molecule has 0 bridgehead atoms. The van der Waals surface area contributed by atoms with Gasteiger partial charge in [0.15, 0.2) is 0 Å². The molecule has 1 fully saturated rings. The van der Waals surface area contributed by atoms with E-state index in [-0.39, 0.29) is 18.2 Å². The van der Waals surface area contributed by atoms with Crippen LogP contribution < -0.4 is 0 Å². The Morgan fingerprint density at radius 1 is 1.38 bits per heavy atom. The lowest BCUT2D eigenvalue weighted by Gasteiger charge is -2.22. The quantitative estimate of drug-likeness (QED) is 0.667. The number of amides is 1. The molecule has 84 valence electrons. The van der Waals surface area contributed by atoms with Crippen LogP contribution in [-0.2, 0) is 4.74 Å². The number of nitrogens with zero attached hydrogens (tertiary/aromatic N) is 1. The van der Waals surface area contributed by atoms with Crippen LogP contribution in [0.5, 0.6) is 0 Å². The van der Waals surface area contributed by atoms with Gasteiger partial charge in [-0.2, -0.15) is 0 Å². The molecule has 1 amide bonds. The minimum Gasteiger partial charge on any atom is -0.351 e. The molecule has 0 unspecified atom stereocenters. The summed E-state index contributed by atoms with van der Waals surface area (Å²) in [4.78, 5) is 14.2. The third kappa shape index (κ3) is 1.35. The number of rotatable bonds is 0. The molecule has 0 radical (unpaired) electrons. The second-order valence-electron chi connectivity index (χ2n) is 4.46. The van der Waals surface area contributed by atoms with Gasteiger partial charge in [-0.05, 0) is 31.4 Å². The van der Waals surface area contributed by atoms with E-state index in [2.05, 4.69) is 0 Å². The number of carbonyl (C=O) groups excluding carboxylic acids is 1. The summed E-state index contributed by atoms with van der Waals surface area (Å²) >= 11 is 0. The van der Waals surface area contributed by atoms with Crippen LogP contribution in [0.25, 0.3) is 0 Å². The predicted molar refractivity (Wildman–Crippen MR) is 60.0 cm³/mol. The number of ether oxygens (including phenoxy) is 1. The molecular formula is C13H15NO2. The van der Waals surface area contributed by atoms with Gasteiger partial charge in [0.25, 0.3) is 5.91 Å². The first-order valence-electron chi connectivity index (χ1n) is 5.83. The van der Waals surface area contributed by atoms with Crippen molar-refractivity contribution in [2.45, 2.75) is 32.1 Å². The molecule has 16 heavy (non-hydrogen) atoms. The molecule has 0 spiro atoms. The average Bonchev–Trinajstić information content (AvgIpc) is 2.72. The molecule has 1 aromatic carbocycles. The Kier molecular flexibility index (Phi) is 2.21. The van der Waals surface area contributed by atoms with Gasteiger partial charge in [-0.3, -0.25) is 4.79 Å². The van der Waals surface area contributed by atoms with E-state index in [0.717, 1.165) is 30.5 Å². The van der Waals surface area contributed by atoms with Crippen molar-refractivity contribution in [3.05, 3.63) is 35.4 Å². The van der Waals surface area contributed by atoms with E-state index in [4.69, 9.17) is 4.74 Å². The Morgan fingerprint density at radius 2 is 2.19 bits per heavy atom. The van der Waals surface area contributed by atoms with E-state index < -0.39 is 0 Å². The highest BCUT2D eigenvalue weighted by Crippen LogP contribution is 2.33. The largest absolute Gasteiger partial charge is 0.351 e. The number of hydrogen-bond acceptors (Lipinski definition) is 2. The monoisotopic (exact) mass is 217 g/mol. The maximum atomic E-state index is 12.3. The average molecular weight is 217 g/mol. The molecule has 1 aromatic rings. The van der Waals surface area contributed by atoms with E-state index in [1.807, 2.05) is 36.1 Å². The summed E-state index contributed by atoms with van der Waals surface area (Å²) in [5, 5.41) is 0. The first kappa shape index (κ1) is 9.85. The summed E-state index contributed by atoms with van der Waals surface area (Å²) in [6, 6.07) is 7.76. The molecule has 0 aromatic heterocycles. The molecule has 3 heteroatoms. The zero-order valence-corrected chi connectivity index (χ0v) is 9.35. The van der Waals surface area contributed by atoms with Gasteiger partial charge in [-0.1, -0.05) is 18.2 Å². The Bertz CT molecular complexity index is 430. The number of carbonyl (C=O) groups is 1. The molecule has 2 aliphatic rings. The highest BCUT2D eigenvalue weighted by atomic mass is 16.5. The van der Waals surface area contributed by atoms with E-state index in [0.29, 0.717) is 0 Å². The van der Waals surface area contributed by atoms with Crippen molar-refractivity contribution in [3.63, 3.8) is 0 Å². The van der Waals surface area contributed by atoms with Crippen LogP contribution in [0.15, 0.2) is 24.3 Å². The van der Waals surface area contributed by atoms with Crippen molar-refractivity contribution < 1.29 is 9.53 Å². The third-order valence-electron chi connectivity index (χ3n) is 3.45. The molecule has 3 nitrogen and oxygen atoms in total. The van der Waals surface area contributed by atoms with Crippen molar-refractivity contribution in [2.75, 3.05) is 6.54 Å². The first-order valence-corrected chi connectivity index (χ1v) is 5.83. The molecular weight excluding hydrogens is 202 g/mol. The molecule has 0 saturated carbocycles. The van der Waals surface area contributed by atoms with Crippen LogP contribution >= 0.6 is 0 Å². The lowest BCUT2D eigenvalue weighted by Crippen LogP contribution is -2.35. The van der Waals surface area contributed by atoms with Gasteiger partial charge in [-0.15, -0.1) is 0 Å². The van der Waals surface area contributed by atoms with E-state index >= 15 is 0 Å². The normalized spacial score (nSPS) is 28.6. The van der Waals surface area contributed by atoms with E-state index in [1.165, 1.54) is 0 Å². The fraction of sp³-hybridized carbons (Fsp3) is 0.462. The molecule has 2 atom stereocenters. The fourth-order valence-electron chi connectivity index (χ4n) is 2.62. The Labute approximate surface area is 95.0 Å². The van der Waals surface area contributed by atoms with Gasteiger partial charge in [0.2, 0.25) is 0 Å². The molecule has 3 rings (SSSR count). The van der Waals surface area contributed by atoms with Crippen molar-refractivity contribution in [3.8, 4) is 0 Å². The van der Waals surface area contributed by atoms with Crippen LogP contribution in [0, 0.1) is 0 Å². The molecule has 2 heterocycles. The van der Waals surface area contributed by atoms with Crippen molar-refractivity contribution >= 4 is 5.91 Å². The van der Waals surface area contributed by atoms with Crippen LogP contribution in [0.2, 0.25) is 0 Å².